The van der Waals surface area contributed by atoms with Crippen molar-refractivity contribution in [2.75, 3.05) is 0 Å². The minimum absolute atomic E-state index is 0.244. The molecule has 1 aromatic carbocycles. The molecule has 4 nitrogen and oxygen atoms in total. The number of rotatable bonds is 3. The zero-order valence-electron chi connectivity index (χ0n) is 9.71. The summed E-state index contributed by atoms with van der Waals surface area (Å²) in [7, 11) is 0. The van der Waals surface area contributed by atoms with E-state index in [4.69, 9.17) is 10.2 Å². The van der Waals surface area contributed by atoms with E-state index in [1.54, 1.807) is 18.7 Å². The fourth-order valence-electron chi connectivity index (χ4n) is 1.88. The summed E-state index contributed by atoms with van der Waals surface area (Å²) in [5, 5.41) is 0. The van der Waals surface area contributed by atoms with Gasteiger partial charge in [0, 0.05) is 5.56 Å². The number of aromatic amines is 1. The summed E-state index contributed by atoms with van der Waals surface area (Å²) in [5.41, 5.74) is 9.07. The van der Waals surface area contributed by atoms with Gasteiger partial charge < -0.3 is 15.1 Å². The number of imidazole rings is 1. The standard InChI is InChI=1S/C14H13N3O/c15-13(10-4-2-1-3-5-10)14-16-8-12(17-14)11-6-7-18-9-11/h1-9,13H,15H2,(H,16,17). The largest absolute Gasteiger partial charge is 0.472 e. The van der Waals surface area contributed by atoms with E-state index in [0.29, 0.717) is 0 Å². The third kappa shape index (κ3) is 1.94. The van der Waals surface area contributed by atoms with E-state index in [-0.39, 0.29) is 6.04 Å². The average molecular weight is 239 g/mol. The highest BCUT2D eigenvalue weighted by Crippen LogP contribution is 2.21. The lowest BCUT2D eigenvalue weighted by atomic mass is 10.1. The molecule has 3 N–H and O–H groups in total. The lowest BCUT2D eigenvalue weighted by Gasteiger charge is -2.08. The first kappa shape index (κ1) is 10.8. The topological polar surface area (TPSA) is 67.8 Å². The van der Waals surface area contributed by atoms with Crippen LogP contribution in [0.4, 0.5) is 0 Å². The lowest BCUT2D eigenvalue weighted by molar-refractivity contribution is 0.568. The molecule has 0 saturated carbocycles. The zero-order chi connectivity index (χ0) is 12.4. The second-order valence-corrected chi connectivity index (χ2v) is 4.08. The fourth-order valence-corrected chi connectivity index (χ4v) is 1.88. The smallest absolute Gasteiger partial charge is 0.128 e. The van der Waals surface area contributed by atoms with Gasteiger partial charge in [-0.2, -0.15) is 0 Å². The van der Waals surface area contributed by atoms with Gasteiger partial charge in [0.2, 0.25) is 0 Å². The normalized spacial score (nSPS) is 12.5. The van der Waals surface area contributed by atoms with Crippen LogP contribution in [-0.4, -0.2) is 9.97 Å². The third-order valence-electron chi connectivity index (χ3n) is 2.88. The molecular weight excluding hydrogens is 226 g/mol. The quantitative estimate of drug-likeness (QED) is 0.738. The van der Waals surface area contributed by atoms with Crippen molar-refractivity contribution in [3.63, 3.8) is 0 Å². The molecule has 2 heterocycles. The first-order valence-electron chi connectivity index (χ1n) is 5.72. The molecule has 0 aliphatic rings. The van der Waals surface area contributed by atoms with Crippen LogP contribution >= 0.6 is 0 Å². The molecule has 0 aliphatic heterocycles. The van der Waals surface area contributed by atoms with E-state index in [1.165, 1.54) is 0 Å². The van der Waals surface area contributed by atoms with Crippen LogP contribution in [-0.2, 0) is 0 Å². The van der Waals surface area contributed by atoms with Crippen LogP contribution in [0.2, 0.25) is 0 Å². The summed E-state index contributed by atoms with van der Waals surface area (Å²) in [6.07, 6.45) is 5.07. The Kier molecular flexibility index (Phi) is 2.70. The van der Waals surface area contributed by atoms with E-state index in [1.807, 2.05) is 36.4 Å². The van der Waals surface area contributed by atoms with Crippen molar-refractivity contribution in [2.24, 2.45) is 5.73 Å². The maximum Gasteiger partial charge on any atom is 0.128 e. The van der Waals surface area contributed by atoms with E-state index in [2.05, 4.69) is 9.97 Å². The third-order valence-corrected chi connectivity index (χ3v) is 2.88. The number of hydrogen-bond acceptors (Lipinski definition) is 3. The Morgan fingerprint density at radius 2 is 2.00 bits per heavy atom. The Balaban J connectivity index is 1.90. The van der Waals surface area contributed by atoms with E-state index >= 15 is 0 Å². The fraction of sp³-hybridized carbons (Fsp3) is 0.0714. The number of nitrogens with one attached hydrogen (secondary N) is 1. The Morgan fingerprint density at radius 1 is 1.17 bits per heavy atom. The highest BCUT2D eigenvalue weighted by Gasteiger charge is 2.13. The van der Waals surface area contributed by atoms with Crippen LogP contribution in [0.3, 0.4) is 0 Å². The van der Waals surface area contributed by atoms with Crippen LogP contribution < -0.4 is 5.73 Å². The van der Waals surface area contributed by atoms with Crippen LogP contribution in [0.15, 0.2) is 59.5 Å². The van der Waals surface area contributed by atoms with Gasteiger partial charge in [-0.25, -0.2) is 4.98 Å². The van der Waals surface area contributed by atoms with Crippen LogP contribution in [0.5, 0.6) is 0 Å². The molecule has 4 heteroatoms. The van der Waals surface area contributed by atoms with Crippen molar-refractivity contribution in [1.82, 2.24) is 9.97 Å². The highest BCUT2D eigenvalue weighted by atomic mass is 16.3. The van der Waals surface area contributed by atoms with Crippen molar-refractivity contribution in [1.29, 1.82) is 0 Å². The number of furan rings is 1. The molecule has 3 rings (SSSR count). The lowest BCUT2D eigenvalue weighted by Crippen LogP contribution is -2.13. The molecule has 3 aromatic rings. The number of aromatic nitrogens is 2. The molecule has 0 radical (unpaired) electrons. The first-order valence-corrected chi connectivity index (χ1v) is 5.72. The summed E-state index contributed by atoms with van der Waals surface area (Å²) in [6.45, 7) is 0. The van der Waals surface area contributed by atoms with Crippen molar-refractivity contribution >= 4 is 0 Å². The van der Waals surface area contributed by atoms with Crippen LogP contribution in [0, 0.1) is 0 Å². The summed E-state index contributed by atoms with van der Waals surface area (Å²) < 4.78 is 5.04. The highest BCUT2D eigenvalue weighted by molar-refractivity contribution is 5.56. The SMILES string of the molecule is NC(c1ccccc1)c1ncc(-c2ccoc2)[nH]1. The molecule has 0 aliphatic carbocycles. The van der Waals surface area contributed by atoms with Gasteiger partial charge in [0.15, 0.2) is 0 Å². The number of nitrogens with two attached hydrogens (primary N) is 1. The predicted octanol–water partition coefficient (Wildman–Crippen LogP) is 2.72. The Labute approximate surface area is 104 Å². The molecule has 90 valence electrons. The maximum atomic E-state index is 6.17. The van der Waals surface area contributed by atoms with Gasteiger partial charge in [0.1, 0.15) is 5.82 Å². The molecule has 0 saturated heterocycles. The molecule has 0 fully saturated rings. The number of nitrogens with zero attached hydrogens (tertiary/aromatic N) is 1. The van der Waals surface area contributed by atoms with E-state index in [9.17, 15) is 0 Å². The minimum Gasteiger partial charge on any atom is -0.472 e. The van der Waals surface area contributed by atoms with Gasteiger partial charge in [-0.05, 0) is 11.6 Å². The average Bonchev–Trinajstić information content (AvgIpc) is 3.09. The number of hydrogen-bond donors (Lipinski definition) is 2. The summed E-state index contributed by atoms with van der Waals surface area (Å²) in [4.78, 5) is 7.54. The monoisotopic (exact) mass is 239 g/mol. The molecule has 1 unspecified atom stereocenters. The molecule has 2 aromatic heterocycles. The molecule has 0 amide bonds. The maximum absolute atomic E-state index is 6.17. The first-order chi connectivity index (χ1) is 8.84. The van der Waals surface area contributed by atoms with Gasteiger partial charge in [-0.15, -0.1) is 0 Å². The van der Waals surface area contributed by atoms with Gasteiger partial charge in [0.05, 0.1) is 30.5 Å². The van der Waals surface area contributed by atoms with Crippen LogP contribution in [0.1, 0.15) is 17.4 Å². The second kappa shape index (κ2) is 4.50. The summed E-state index contributed by atoms with van der Waals surface area (Å²) in [5.74, 6) is 0.748. The van der Waals surface area contributed by atoms with Crippen molar-refractivity contribution in [2.45, 2.75) is 6.04 Å². The summed E-state index contributed by atoms with van der Waals surface area (Å²) >= 11 is 0. The van der Waals surface area contributed by atoms with Gasteiger partial charge in [-0.3, -0.25) is 0 Å². The second-order valence-electron chi connectivity index (χ2n) is 4.08. The van der Waals surface area contributed by atoms with E-state index in [0.717, 1.165) is 22.6 Å². The Bertz CT molecular complexity index is 614. The van der Waals surface area contributed by atoms with Crippen LogP contribution in [0.25, 0.3) is 11.3 Å². The van der Waals surface area contributed by atoms with Crippen molar-refractivity contribution in [3.05, 3.63) is 66.5 Å². The zero-order valence-corrected chi connectivity index (χ0v) is 9.71. The van der Waals surface area contributed by atoms with Gasteiger partial charge in [0.25, 0.3) is 0 Å². The number of H-pyrrole nitrogens is 1. The predicted molar refractivity (Wildman–Crippen MR) is 68.8 cm³/mol. The molecule has 0 spiro atoms. The van der Waals surface area contributed by atoms with Crippen molar-refractivity contribution in [3.8, 4) is 11.3 Å². The van der Waals surface area contributed by atoms with Crippen molar-refractivity contribution < 1.29 is 4.42 Å². The minimum atomic E-state index is -0.244. The van der Waals surface area contributed by atoms with E-state index < -0.39 is 0 Å². The van der Waals surface area contributed by atoms with Gasteiger partial charge >= 0.3 is 0 Å². The Morgan fingerprint density at radius 3 is 2.72 bits per heavy atom. The Hall–Kier alpha value is -2.33. The molecule has 0 bridgehead atoms. The number of benzene rings is 1. The molecular formula is C14H13N3O. The van der Waals surface area contributed by atoms with Gasteiger partial charge in [-0.1, -0.05) is 30.3 Å². The molecule has 1 atom stereocenters. The molecule has 18 heavy (non-hydrogen) atoms. The summed E-state index contributed by atoms with van der Waals surface area (Å²) in [6, 6.07) is 11.5.